The van der Waals surface area contributed by atoms with Crippen LogP contribution in [0.25, 0.3) is 0 Å². The van der Waals surface area contributed by atoms with E-state index in [-0.39, 0.29) is 6.61 Å². The zero-order chi connectivity index (χ0) is 9.24. The van der Waals surface area contributed by atoms with E-state index in [2.05, 4.69) is 9.32 Å². The number of hydrogen-bond acceptors (Lipinski definition) is 4. The van der Waals surface area contributed by atoms with E-state index >= 15 is 0 Å². The van der Waals surface area contributed by atoms with Crippen LogP contribution in [0.1, 0.15) is 25.7 Å². The molecule has 0 heterocycles. The molecule has 1 rings (SSSR count). The first-order chi connectivity index (χ1) is 5.41. The van der Waals surface area contributed by atoms with E-state index in [4.69, 9.17) is 0 Å². The van der Waals surface area contributed by atoms with Gasteiger partial charge in [0, 0.05) is 0 Å². The highest BCUT2D eigenvalue weighted by Crippen LogP contribution is 2.29. The fourth-order valence-electron chi connectivity index (χ4n) is 1.37. The van der Waals surface area contributed by atoms with Gasteiger partial charge in [-0.1, -0.05) is 12.8 Å². The average molecular weight is 195 g/mol. The van der Waals surface area contributed by atoms with Gasteiger partial charge in [0.05, 0.1) is 12.2 Å². The summed E-state index contributed by atoms with van der Waals surface area (Å²) in [6.45, 7) is -0.216. The molecule has 0 atom stereocenters. The summed E-state index contributed by atoms with van der Waals surface area (Å²) in [5, 5.41) is 14.2. The van der Waals surface area contributed by atoms with E-state index in [0.29, 0.717) is 12.8 Å². The molecule has 0 spiro atoms. The molecular formula is C6H13NO4S. The molecule has 1 saturated carbocycles. The summed E-state index contributed by atoms with van der Waals surface area (Å²) in [5.41, 5.74) is -0.980. The topological polar surface area (TPSA) is 89.6 Å². The second kappa shape index (κ2) is 3.29. The highest BCUT2D eigenvalue weighted by Gasteiger charge is 2.32. The third kappa shape index (κ3) is 3.06. The van der Waals surface area contributed by atoms with Crippen LogP contribution in [0.15, 0.2) is 0 Å². The highest BCUT2D eigenvalue weighted by molar-refractivity contribution is 7.84. The summed E-state index contributed by atoms with van der Waals surface area (Å²) >= 11 is 0. The van der Waals surface area contributed by atoms with Crippen molar-refractivity contribution in [1.29, 1.82) is 0 Å². The van der Waals surface area contributed by atoms with E-state index in [0.717, 1.165) is 12.8 Å². The number of nitrogens with two attached hydrogens (primary N) is 1. The van der Waals surface area contributed by atoms with E-state index in [9.17, 15) is 13.5 Å². The fourth-order valence-corrected chi connectivity index (χ4v) is 1.75. The minimum Gasteiger partial charge on any atom is -0.387 e. The monoisotopic (exact) mass is 195 g/mol. The largest absolute Gasteiger partial charge is 0.387 e. The molecule has 0 aromatic rings. The van der Waals surface area contributed by atoms with Crippen LogP contribution >= 0.6 is 0 Å². The molecule has 6 heteroatoms. The van der Waals surface area contributed by atoms with Crippen molar-refractivity contribution in [1.82, 2.24) is 0 Å². The van der Waals surface area contributed by atoms with Crippen LogP contribution < -0.4 is 5.14 Å². The second-order valence-electron chi connectivity index (χ2n) is 3.19. The van der Waals surface area contributed by atoms with Crippen LogP contribution in [0.5, 0.6) is 0 Å². The Morgan fingerprint density at radius 3 is 2.33 bits per heavy atom. The van der Waals surface area contributed by atoms with Crippen LogP contribution in [-0.4, -0.2) is 25.7 Å². The summed E-state index contributed by atoms with van der Waals surface area (Å²) in [6.07, 6.45) is 2.99. The Morgan fingerprint density at radius 1 is 1.42 bits per heavy atom. The molecule has 1 aliphatic carbocycles. The molecule has 0 radical (unpaired) electrons. The first-order valence-electron chi connectivity index (χ1n) is 3.81. The van der Waals surface area contributed by atoms with Gasteiger partial charge in [-0.05, 0) is 12.8 Å². The first-order valence-corrected chi connectivity index (χ1v) is 5.28. The Bertz CT molecular complexity index is 242. The van der Waals surface area contributed by atoms with Crippen LogP contribution in [-0.2, 0) is 14.5 Å². The van der Waals surface area contributed by atoms with Gasteiger partial charge in [0.25, 0.3) is 0 Å². The zero-order valence-corrected chi connectivity index (χ0v) is 7.51. The van der Waals surface area contributed by atoms with Gasteiger partial charge in [-0.2, -0.15) is 8.42 Å². The standard InChI is InChI=1S/C6H13NO4S/c7-12(9,10)11-5-6(8)3-1-2-4-6/h8H,1-5H2,(H2,7,9,10). The van der Waals surface area contributed by atoms with Crippen LogP contribution in [0.3, 0.4) is 0 Å². The minimum atomic E-state index is -3.91. The third-order valence-corrected chi connectivity index (χ3v) is 2.47. The molecule has 0 saturated heterocycles. The van der Waals surface area contributed by atoms with Crippen LogP contribution in [0.2, 0.25) is 0 Å². The molecular weight excluding hydrogens is 182 g/mol. The van der Waals surface area contributed by atoms with Crippen molar-refractivity contribution in [2.24, 2.45) is 5.14 Å². The molecule has 0 bridgehead atoms. The van der Waals surface area contributed by atoms with Crippen molar-refractivity contribution in [2.45, 2.75) is 31.3 Å². The zero-order valence-electron chi connectivity index (χ0n) is 6.69. The molecule has 72 valence electrons. The quantitative estimate of drug-likeness (QED) is 0.636. The SMILES string of the molecule is NS(=O)(=O)OCC1(O)CCCC1. The fraction of sp³-hybridized carbons (Fsp3) is 1.00. The van der Waals surface area contributed by atoms with E-state index < -0.39 is 15.9 Å². The lowest BCUT2D eigenvalue weighted by molar-refractivity contribution is 0.00342. The Balaban J connectivity index is 2.41. The summed E-state index contributed by atoms with van der Waals surface area (Å²) in [4.78, 5) is 0. The first kappa shape index (κ1) is 9.91. The normalized spacial score (nSPS) is 22.8. The van der Waals surface area contributed by atoms with Gasteiger partial charge in [-0.25, -0.2) is 5.14 Å². The van der Waals surface area contributed by atoms with Gasteiger partial charge in [0.2, 0.25) is 0 Å². The van der Waals surface area contributed by atoms with Crippen molar-refractivity contribution in [3.8, 4) is 0 Å². The summed E-state index contributed by atoms with van der Waals surface area (Å²) in [7, 11) is -3.91. The second-order valence-corrected chi connectivity index (χ2v) is 4.41. The molecule has 0 unspecified atom stereocenters. The molecule has 0 amide bonds. The maximum Gasteiger partial charge on any atom is 0.333 e. The molecule has 0 aromatic carbocycles. The lowest BCUT2D eigenvalue weighted by Gasteiger charge is -2.20. The molecule has 3 N–H and O–H groups in total. The van der Waals surface area contributed by atoms with Crippen molar-refractivity contribution < 1.29 is 17.7 Å². The van der Waals surface area contributed by atoms with Crippen molar-refractivity contribution in [3.05, 3.63) is 0 Å². The predicted octanol–water partition coefficient (Wildman–Crippen LogP) is -0.488. The van der Waals surface area contributed by atoms with Gasteiger partial charge in [0.15, 0.2) is 0 Å². The number of rotatable bonds is 3. The lowest BCUT2D eigenvalue weighted by Crippen LogP contribution is -2.33. The lowest BCUT2D eigenvalue weighted by atomic mass is 10.1. The van der Waals surface area contributed by atoms with Crippen LogP contribution in [0, 0.1) is 0 Å². The van der Waals surface area contributed by atoms with Gasteiger partial charge in [0.1, 0.15) is 0 Å². The molecule has 0 aliphatic heterocycles. The molecule has 0 aromatic heterocycles. The number of aliphatic hydroxyl groups is 1. The van der Waals surface area contributed by atoms with E-state index in [1.54, 1.807) is 0 Å². The van der Waals surface area contributed by atoms with Gasteiger partial charge >= 0.3 is 10.3 Å². The molecule has 1 fully saturated rings. The Kier molecular flexibility index (Phi) is 2.72. The highest BCUT2D eigenvalue weighted by atomic mass is 32.2. The van der Waals surface area contributed by atoms with E-state index in [1.807, 2.05) is 0 Å². The van der Waals surface area contributed by atoms with Gasteiger partial charge in [-0.15, -0.1) is 0 Å². The van der Waals surface area contributed by atoms with Gasteiger partial charge < -0.3 is 5.11 Å². The molecule has 5 nitrogen and oxygen atoms in total. The summed E-state index contributed by atoms with van der Waals surface area (Å²) in [6, 6.07) is 0. The summed E-state index contributed by atoms with van der Waals surface area (Å²) < 4.78 is 25.1. The Labute approximate surface area is 71.8 Å². The molecule has 1 aliphatic rings. The van der Waals surface area contributed by atoms with E-state index in [1.165, 1.54) is 0 Å². The van der Waals surface area contributed by atoms with Gasteiger partial charge in [-0.3, -0.25) is 4.18 Å². The maximum atomic E-state index is 10.4. The molecule has 12 heavy (non-hydrogen) atoms. The number of hydrogen-bond donors (Lipinski definition) is 2. The van der Waals surface area contributed by atoms with Crippen molar-refractivity contribution in [2.75, 3.05) is 6.61 Å². The van der Waals surface area contributed by atoms with Crippen molar-refractivity contribution >= 4 is 10.3 Å². The Hall–Kier alpha value is -0.170. The average Bonchev–Trinajstić information content (AvgIpc) is 2.32. The predicted molar refractivity (Wildman–Crippen MR) is 42.5 cm³/mol. The van der Waals surface area contributed by atoms with Crippen molar-refractivity contribution in [3.63, 3.8) is 0 Å². The van der Waals surface area contributed by atoms with Crippen LogP contribution in [0.4, 0.5) is 0 Å². The third-order valence-electron chi connectivity index (χ3n) is 2.03. The smallest absolute Gasteiger partial charge is 0.333 e. The summed E-state index contributed by atoms with van der Waals surface area (Å²) in [5.74, 6) is 0. The maximum absolute atomic E-state index is 10.4. The minimum absolute atomic E-state index is 0.216. The Morgan fingerprint density at radius 2 is 1.92 bits per heavy atom.